The summed E-state index contributed by atoms with van der Waals surface area (Å²) in [6.45, 7) is 1.35. The molecule has 0 unspecified atom stereocenters. The summed E-state index contributed by atoms with van der Waals surface area (Å²) in [5.41, 5.74) is -1.54. The second-order valence-corrected chi connectivity index (χ2v) is 7.10. The van der Waals surface area contributed by atoms with Gasteiger partial charge in [0.15, 0.2) is 5.78 Å². The fourth-order valence-corrected chi connectivity index (χ4v) is 3.27. The minimum atomic E-state index is -4.66. The Morgan fingerprint density at radius 3 is 2.25 bits per heavy atom. The van der Waals surface area contributed by atoms with Gasteiger partial charge in [0.05, 0.1) is 17.0 Å². The zero-order valence-electron chi connectivity index (χ0n) is 15.1. The van der Waals surface area contributed by atoms with E-state index in [2.05, 4.69) is 5.32 Å². The van der Waals surface area contributed by atoms with E-state index in [0.29, 0.717) is 18.9 Å². The third kappa shape index (κ3) is 4.08. The first-order chi connectivity index (χ1) is 13.1. The van der Waals surface area contributed by atoms with Crippen LogP contribution in [0.1, 0.15) is 36.5 Å². The molecule has 2 aromatic carbocycles. The van der Waals surface area contributed by atoms with E-state index in [0.717, 1.165) is 17.7 Å². The summed E-state index contributed by atoms with van der Waals surface area (Å²) in [6, 6.07) is 10.5. The predicted octanol–water partition coefficient (Wildman–Crippen LogP) is 4.19. The van der Waals surface area contributed by atoms with Crippen molar-refractivity contribution in [3.63, 3.8) is 0 Å². The lowest BCUT2D eigenvalue weighted by molar-refractivity contribution is -0.137. The Hall–Kier alpha value is -2.70. The van der Waals surface area contributed by atoms with Crippen LogP contribution in [0.25, 0.3) is 0 Å². The van der Waals surface area contributed by atoms with Gasteiger partial charge in [-0.15, -0.1) is 0 Å². The Morgan fingerprint density at radius 1 is 1.11 bits per heavy atom. The minimum Gasteiger partial charge on any atom is -0.345 e. The van der Waals surface area contributed by atoms with E-state index in [9.17, 15) is 27.2 Å². The molecule has 1 saturated carbocycles. The van der Waals surface area contributed by atoms with Gasteiger partial charge in [0.2, 0.25) is 5.91 Å². The first-order valence-corrected chi connectivity index (χ1v) is 8.86. The number of Topliss-reactive ketones (excluding diaryl/α,β-unsaturated/α-hetero) is 1. The van der Waals surface area contributed by atoms with Crippen molar-refractivity contribution in [2.75, 3.05) is 0 Å². The Kier molecular flexibility index (Phi) is 5.28. The molecular formula is C21H19F4NO2. The van der Waals surface area contributed by atoms with Crippen LogP contribution >= 0.6 is 0 Å². The highest BCUT2D eigenvalue weighted by atomic mass is 19.4. The van der Waals surface area contributed by atoms with Crippen molar-refractivity contribution in [2.45, 2.75) is 43.8 Å². The minimum absolute atomic E-state index is 0.0694. The van der Waals surface area contributed by atoms with Gasteiger partial charge in [-0.25, -0.2) is 4.39 Å². The molecule has 1 atom stereocenters. The lowest BCUT2D eigenvalue weighted by Gasteiger charge is -2.22. The smallest absolute Gasteiger partial charge is 0.345 e. The molecule has 7 heteroatoms. The Morgan fingerprint density at radius 2 is 1.75 bits per heavy atom. The maximum absolute atomic E-state index is 14.4. The van der Waals surface area contributed by atoms with E-state index in [-0.39, 0.29) is 17.8 Å². The van der Waals surface area contributed by atoms with E-state index in [4.69, 9.17) is 0 Å². The molecule has 0 radical (unpaired) electrons. The summed E-state index contributed by atoms with van der Waals surface area (Å²) in [5, 5.41) is 2.66. The SMILES string of the molecule is CC(=O)[C@H](Cc1ccccc1)NC(=O)C1(c2ccc(C(F)(F)F)cc2F)CC1. The third-order valence-corrected chi connectivity index (χ3v) is 5.08. The summed E-state index contributed by atoms with van der Waals surface area (Å²) in [4.78, 5) is 24.8. The number of benzene rings is 2. The summed E-state index contributed by atoms with van der Waals surface area (Å²) in [7, 11) is 0. The molecule has 3 nitrogen and oxygen atoms in total. The molecule has 0 bridgehead atoms. The van der Waals surface area contributed by atoms with E-state index in [1.54, 1.807) is 0 Å². The van der Waals surface area contributed by atoms with Crippen molar-refractivity contribution < 1.29 is 27.2 Å². The van der Waals surface area contributed by atoms with Crippen LogP contribution in [0, 0.1) is 5.82 Å². The van der Waals surface area contributed by atoms with Crippen molar-refractivity contribution in [3.05, 3.63) is 71.0 Å². The van der Waals surface area contributed by atoms with Gasteiger partial charge < -0.3 is 5.32 Å². The predicted molar refractivity (Wildman–Crippen MR) is 95.1 cm³/mol. The molecule has 28 heavy (non-hydrogen) atoms. The summed E-state index contributed by atoms with van der Waals surface area (Å²) in [6.07, 6.45) is -3.74. The van der Waals surface area contributed by atoms with Gasteiger partial charge >= 0.3 is 6.18 Å². The molecule has 0 aliphatic heterocycles. The van der Waals surface area contributed by atoms with Crippen LogP contribution in [0.2, 0.25) is 0 Å². The number of hydrogen-bond acceptors (Lipinski definition) is 2. The van der Waals surface area contributed by atoms with Gasteiger partial charge in [0.25, 0.3) is 0 Å². The molecule has 2 aromatic rings. The average molecular weight is 393 g/mol. The highest BCUT2D eigenvalue weighted by Crippen LogP contribution is 2.50. The van der Waals surface area contributed by atoms with Gasteiger partial charge in [0.1, 0.15) is 5.82 Å². The molecule has 1 aliphatic rings. The van der Waals surface area contributed by atoms with Crippen LogP contribution in [-0.4, -0.2) is 17.7 Å². The van der Waals surface area contributed by atoms with Crippen molar-refractivity contribution in [3.8, 4) is 0 Å². The second-order valence-electron chi connectivity index (χ2n) is 7.10. The maximum Gasteiger partial charge on any atom is 0.416 e. The zero-order chi connectivity index (χ0) is 20.5. The van der Waals surface area contributed by atoms with E-state index in [1.165, 1.54) is 6.92 Å². The summed E-state index contributed by atoms with van der Waals surface area (Å²) < 4.78 is 52.6. The number of ketones is 1. The fraction of sp³-hybridized carbons (Fsp3) is 0.333. The lowest BCUT2D eigenvalue weighted by atomic mass is 9.92. The molecule has 0 heterocycles. The molecule has 0 spiro atoms. The quantitative estimate of drug-likeness (QED) is 0.748. The summed E-state index contributed by atoms with van der Waals surface area (Å²) in [5.74, 6) is -1.85. The number of carbonyl (C=O) groups excluding carboxylic acids is 2. The van der Waals surface area contributed by atoms with Gasteiger partial charge in [-0.2, -0.15) is 13.2 Å². The zero-order valence-corrected chi connectivity index (χ0v) is 15.1. The highest BCUT2D eigenvalue weighted by molar-refractivity contribution is 5.95. The third-order valence-electron chi connectivity index (χ3n) is 5.08. The second kappa shape index (κ2) is 7.37. The molecule has 1 amide bonds. The lowest BCUT2D eigenvalue weighted by Crippen LogP contribution is -2.46. The van der Waals surface area contributed by atoms with Crippen LogP contribution in [-0.2, 0) is 27.6 Å². The molecule has 0 aromatic heterocycles. The fourth-order valence-electron chi connectivity index (χ4n) is 3.27. The van der Waals surface area contributed by atoms with Gasteiger partial charge in [-0.05, 0) is 43.9 Å². The molecule has 1 fully saturated rings. The number of amides is 1. The number of halogens is 4. The van der Waals surface area contributed by atoms with Gasteiger partial charge in [0, 0.05) is 5.56 Å². The highest BCUT2D eigenvalue weighted by Gasteiger charge is 2.53. The van der Waals surface area contributed by atoms with E-state index < -0.39 is 34.9 Å². The number of rotatable bonds is 6. The van der Waals surface area contributed by atoms with E-state index in [1.807, 2.05) is 30.3 Å². The number of hydrogen-bond donors (Lipinski definition) is 1. The van der Waals surface area contributed by atoms with Crippen LogP contribution < -0.4 is 5.32 Å². The monoisotopic (exact) mass is 393 g/mol. The van der Waals surface area contributed by atoms with Crippen molar-refractivity contribution >= 4 is 11.7 Å². The summed E-state index contributed by atoms with van der Waals surface area (Å²) >= 11 is 0. The van der Waals surface area contributed by atoms with Gasteiger partial charge in [-0.1, -0.05) is 36.4 Å². The molecule has 0 saturated heterocycles. The first-order valence-electron chi connectivity index (χ1n) is 8.86. The largest absolute Gasteiger partial charge is 0.416 e. The van der Waals surface area contributed by atoms with E-state index >= 15 is 0 Å². The Labute approximate surface area is 159 Å². The maximum atomic E-state index is 14.4. The topological polar surface area (TPSA) is 46.2 Å². The molecular weight excluding hydrogens is 374 g/mol. The first kappa shape index (κ1) is 20.0. The van der Waals surface area contributed by atoms with Crippen LogP contribution in [0.3, 0.4) is 0 Å². The normalized spacial score (nSPS) is 16.3. The van der Waals surface area contributed by atoms with Crippen molar-refractivity contribution in [1.82, 2.24) is 5.32 Å². The average Bonchev–Trinajstić information content (AvgIpc) is 3.43. The number of alkyl halides is 3. The van der Waals surface area contributed by atoms with Crippen molar-refractivity contribution in [1.29, 1.82) is 0 Å². The number of carbonyl (C=O) groups is 2. The van der Waals surface area contributed by atoms with Gasteiger partial charge in [-0.3, -0.25) is 9.59 Å². The Balaban J connectivity index is 1.80. The Bertz CT molecular complexity index is 889. The number of nitrogens with one attached hydrogen (secondary N) is 1. The molecule has 3 rings (SSSR count). The standard InChI is InChI=1S/C21H19F4NO2/c1-13(27)18(11-14-5-3-2-4-6-14)26-19(28)20(9-10-20)16-8-7-15(12-17(16)22)21(23,24)25/h2-8,12,18H,9-11H2,1H3,(H,26,28)/t18-/m0/s1. The molecule has 1 aliphatic carbocycles. The molecule has 1 N–H and O–H groups in total. The van der Waals surface area contributed by atoms with Crippen molar-refractivity contribution in [2.24, 2.45) is 0 Å². The van der Waals surface area contributed by atoms with Crippen LogP contribution in [0.4, 0.5) is 17.6 Å². The van der Waals surface area contributed by atoms with Crippen LogP contribution in [0.15, 0.2) is 48.5 Å². The van der Waals surface area contributed by atoms with Crippen LogP contribution in [0.5, 0.6) is 0 Å². The molecule has 148 valence electrons.